The summed E-state index contributed by atoms with van der Waals surface area (Å²) in [5, 5.41) is 20.9. The average Bonchev–Trinajstić information content (AvgIpc) is 2.62. The van der Waals surface area contributed by atoms with Crippen LogP contribution in [0.25, 0.3) is 6.08 Å². The van der Waals surface area contributed by atoms with Crippen molar-refractivity contribution in [2.24, 2.45) is 0 Å². The predicted octanol–water partition coefficient (Wildman–Crippen LogP) is 4.84. The second-order valence-corrected chi connectivity index (χ2v) is 7.58. The van der Waals surface area contributed by atoms with Crippen LogP contribution < -0.4 is 10.1 Å². The van der Waals surface area contributed by atoms with Gasteiger partial charge in [-0.05, 0) is 86.7 Å². The van der Waals surface area contributed by atoms with E-state index in [4.69, 9.17) is 9.84 Å². The lowest BCUT2D eigenvalue weighted by atomic mass is 10.1. The van der Waals surface area contributed by atoms with E-state index >= 15 is 0 Å². The minimum absolute atomic E-state index is 0.0705. The van der Waals surface area contributed by atoms with Crippen molar-refractivity contribution in [3.05, 3.63) is 61.5 Å². The zero-order valence-electron chi connectivity index (χ0n) is 15.0. The first-order valence-corrected chi connectivity index (χ1v) is 9.64. The minimum atomic E-state index is -1.10. The van der Waals surface area contributed by atoms with Gasteiger partial charge in [0.1, 0.15) is 17.4 Å². The summed E-state index contributed by atoms with van der Waals surface area (Å²) in [6, 6.07) is 10.7. The molecule has 2 aromatic rings. The first kappa shape index (κ1) is 21.7. The number of aliphatic carboxylic acids is 1. The Morgan fingerprint density at radius 3 is 2.46 bits per heavy atom. The molecule has 6 nitrogen and oxygen atoms in total. The number of nitrogens with zero attached hydrogens (tertiary/aromatic N) is 1. The van der Waals surface area contributed by atoms with Crippen LogP contribution >= 0.6 is 31.9 Å². The van der Waals surface area contributed by atoms with Crippen LogP contribution in [0.15, 0.2) is 44.9 Å². The highest BCUT2D eigenvalue weighted by atomic mass is 79.9. The Morgan fingerprint density at radius 1 is 1.25 bits per heavy atom. The van der Waals surface area contributed by atoms with Crippen molar-refractivity contribution in [1.29, 1.82) is 5.26 Å². The molecule has 0 heterocycles. The maximum atomic E-state index is 12.5. The largest absolute Gasteiger partial charge is 0.480 e. The maximum absolute atomic E-state index is 12.5. The molecule has 0 bridgehead atoms. The Labute approximate surface area is 179 Å². The second kappa shape index (κ2) is 9.53. The Morgan fingerprint density at radius 2 is 1.89 bits per heavy atom. The molecular weight excluding hydrogens is 492 g/mol. The van der Waals surface area contributed by atoms with Crippen molar-refractivity contribution in [3.8, 4) is 11.8 Å². The monoisotopic (exact) mass is 506 g/mol. The van der Waals surface area contributed by atoms with Gasteiger partial charge in [-0.25, -0.2) is 4.79 Å². The minimum Gasteiger partial charge on any atom is -0.480 e. The van der Waals surface area contributed by atoms with Crippen LogP contribution in [0.2, 0.25) is 0 Å². The molecule has 0 aromatic heterocycles. The number of ether oxygens (including phenoxy) is 1. The van der Waals surface area contributed by atoms with Crippen molar-refractivity contribution in [1.82, 2.24) is 0 Å². The Hall–Kier alpha value is -2.63. The Kier molecular flexibility index (Phi) is 7.38. The summed E-state index contributed by atoms with van der Waals surface area (Å²) < 4.78 is 6.18. The van der Waals surface area contributed by atoms with Crippen LogP contribution in [0.4, 0.5) is 5.69 Å². The number of carbonyl (C=O) groups is 2. The van der Waals surface area contributed by atoms with E-state index in [9.17, 15) is 14.9 Å². The lowest BCUT2D eigenvalue weighted by Crippen LogP contribution is -2.14. The summed E-state index contributed by atoms with van der Waals surface area (Å²) in [6.07, 6.45) is 1.44. The number of hydrogen-bond donors (Lipinski definition) is 2. The van der Waals surface area contributed by atoms with Crippen LogP contribution in [0.5, 0.6) is 5.75 Å². The third-order valence-electron chi connectivity index (χ3n) is 3.89. The molecule has 0 unspecified atom stereocenters. The van der Waals surface area contributed by atoms with Gasteiger partial charge >= 0.3 is 5.97 Å². The molecule has 2 aromatic carbocycles. The van der Waals surface area contributed by atoms with Crippen LogP contribution in [0.1, 0.15) is 16.7 Å². The molecule has 0 atom stereocenters. The van der Waals surface area contributed by atoms with Crippen molar-refractivity contribution < 1.29 is 19.4 Å². The highest BCUT2D eigenvalue weighted by molar-refractivity contribution is 9.11. The fourth-order valence-corrected chi connectivity index (χ4v) is 3.78. The number of hydrogen-bond acceptors (Lipinski definition) is 4. The van der Waals surface area contributed by atoms with Gasteiger partial charge in [-0.1, -0.05) is 12.1 Å². The summed E-state index contributed by atoms with van der Waals surface area (Å²) in [5.74, 6) is -1.30. The molecule has 8 heteroatoms. The van der Waals surface area contributed by atoms with E-state index < -0.39 is 18.5 Å². The number of halogens is 2. The van der Waals surface area contributed by atoms with Crippen LogP contribution in [-0.2, 0) is 9.59 Å². The van der Waals surface area contributed by atoms with E-state index in [1.54, 1.807) is 18.2 Å². The van der Waals surface area contributed by atoms with Crippen molar-refractivity contribution in [3.63, 3.8) is 0 Å². The number of carboxylic acid groups (broad SMARTS) is 1. The molecule has 0 saturated carbocycles. The van der Waals surface area contributed by atoms with Gasteiger partial charge in [-0.2, -0.15) is 5.26 Å². The Bertz CT molecular complexity index is 987. The Balaban J connectivity index is 2.28. The number of carbonyl (C=O) groups excluding carboxylic acids is 1. The van der Waals surface area contributed by atoms with E-state index in [2.05, 4.69) is 37.2 Å². The predicted molar refractivity (Wildman–Crippen MR) is 113 cm³/mol. The van der Waals surface area contributed by atoms with Gasteiger partial charge in [-0.3, -0.25) is 4.79 Å². The number of rotatable bonds is 6. The average molecular weight is 508 g/mol. The van der Waals surface area contributed by atoms with Crippen molar-refractivity contribution in [2.45, 2.75) is 13.8 Å². The number of benzene rings is 2. The molecule has 28 heavy (non-hydrogen) atoms. The molecular formula is C20H16Br2N2O4. The SMILES string of the molecule is Cc1cccc(NC(=O)/C(C#N)=C/c2cc(Br)c(OCC(=O)O)c(Br)c2)c1C. The number of nitrogens with one attached hydrogen (secondary N) is 1. The van der Waals surface area contributed by atoms with E-state index in [-0.39, 0.29) is 5.57 Å². The van der Waals surface area contributed by atoms with Gasteiger partial charge < -0.3 is 15.2 Å². The van der Waals surface area contributed by atoms with Crippen LogP contribution in [-0.4, -0.2) is 23.6 Å². The first-order chi connectivity index (χ1) is 13.2. The van der Waals surface area contributed by atoms with E-state index in [1.165, 1.54) is 6.08 Å². The summed E-state index contributed by atoms with van der Waals surface area (Å²) in [6.45, 7) is 3.34. The van der Waals surface area contributed by atoms with Gasteiger partial charge in [0.25, 0.3) is 5.91 Å². The lowest BCUT2D eigenvalue weighted by molar-refractivity contribution is -0.139. The van der Waals surface area contributed by atoms with E-state index in [0.717, 1.165) is 11.1 Å². The molecule has 0 aliphatic carbocycles. The maximum Gasteiger partial charge on any atom is 0.341 e. The lowest BCUT2D eigenvalue weighted by Gasteiger charge is -2.11. The normalized spacial score (nSPS) is 10.9. The zero-order chi connectivity index (χ0) is 20.8. The fourth-order valence-electron chi connectivity index (χ4n) is 2.33. The number of anilines is 1. The molecule has 0 fully saturated rings. The number of carboxylic acids is 1. The third-order valence-corrected chi connectivity index (χ3v) is 5.07. The van der Waals surface area contributed by atoms with Crippen molar-refractivity contribution in [2.75, 3.05) is 11.9 Å². The highest BCUT2D eigenvalue weighted by Crippen LogP contribution is 2.35. The first-order valence-electron chi connectivity index (χ1n) is 8.06. The van der Waals surface area contributed by atoms with Crippen molar-refractivity contribution >= 4 is 55.5 Å². The summed E-state index contributed by atoms with van der Waals surface area (Å²) in [5.41, 5.74) is 3.10. The molecule has 0 aliphatic rings. The molecule has 0 aliphatic heterocycles. The molecule has 0 radical (unpaired) electrons. The van der Waals surface area contributed by atoms with E-state index in [0.29, 0.717) is 25.9 Å². The van der Waals surface area contributed by atoms with E-state index in [1.807, 2.05) is 32.0 Å². The fraction of sp³-hybridized carbons (Fsp3) is 0.150. The van der Waals surface area contributed by atoms with Gasteiger partial charge in [0.15, 0.2) is 6.61 Å². The summed E-state index contributed by atoms with van der Waals surface area (Å²) in [4.78, 5) is 23.2. The summed E-state index contributed by atoms with van der Waals surface area (Å²) in [7, 11) is 0. The van der Waals surface area contributed by atoms with Crippen LogP contribution in [0.3, 0.4) is 0 Å². The van der Waals surface area contributed by atoms with Gasteiger partial charge in [0, 0.05) is 5.69 Å². The molecule has 0 saturated heterocycles. The van der Waals surface area contributed by atoms with Gasteiger partial charge in [0.2, 0.25) is 0 Å². The number of amides is 1. The topological polar surface area (TPSA) is 99.4 Å². The smallest absolute Gasteiger partial charge is 0.341 e. The third kappa shape index (κ3) is 5.44. The second-order valence-electron chi connectivity index (χ2n) is 5.87. The number of nitriles is 1. The molecule has 144 valence electrons. The van der Waals surface area contributed by atoms with Gasteiger partial charge in [0.05, 0.1) is 8.95 Å². The molecule has 0 spiro atoms. The summed E-state index contributed by atoms with van der Waals surface area (Å²) >= 11 is 6.62. The molecule has 1 amide bonds. The zero-order valence-corrected chi connectivity index (χ0v) is 18.2. The standard InChI is InChI=1S/C20H16Br2N2O4/c1-11-4-3-5-17(12(11)2)24-20(27)14(9-23)6-13-7-15(21)19(16(22)8-13)28-10-18(25)26/h3-8H,10H2,1-2H3,(H,24,27)(H,25,26)/b14-6+. The highest BCUT2D eigenvalue weighted by Gasteiger charge is 2.14. The quantitative estimate of drug-likeness (QED) is 0.430. The molecule has 2 rings (SSSR count). The van der Waals surface area contributed by atoms with Gasteiger partial charge in [-0.15, -0.1) is 0 Å². The van der Waals surface area contributed by atoms with Crippen LogP contribution in [0, 0.1) is 25.2 Å². The number of aryl methyl sites for hydroxylation is 1. The molecule has 2 N–H and O–H groups in total.